The SMILES string of the molecule is C=CC1CC(=O)N(C)C[C@H](C)C[C@@](C)(O)[C@H](O[C@@H]2O[C@H](C)C[C@H](N(C)C)[C@H]2O)[C@@H](C)[C@H](O[C@H]2C[C@@](C)(OC)[C@@H](C)[C@H](C)O2)[C@@H](C)C(=O)N1. The summed E-state index contributed by atoms with van der Waals surface area (Å²) in [6.07, 6.45) is -1.99. The zero-order chi connectivity index (χ0) is 36.3. The molecule has 3 N–H and O–H groups in total. The number of rotatable bonds is 7. The Labute approximate surface area is 288 Å². The van der Waals surface area contributed by atoms with Crippen LogP contribution in [0.4, 0.5) is 0 Å². The molecule has 15 atom stereocenters. The van der Waals surface area contributed by atoms with Crippen LogP contribution in [0.1, 0.15) is 81.1 Å². The second-order valence-corrected chi connectivity index (χ2v) is 15.7. The molecular weight excluding hydrogens is 618 g/mol. The van der Waals surface area contributed by atoms with E-state index < -0.39 is 60.0 Å². The number of hydrogen-bond acceptors (Lipinski definition) is 10. The standard InChI is InChI=1S/C36H65N3O9/c1-14-26-16-28(40)39(12)19-20(2)17-35(8,43)32(48-34-30(41)27(38(10)11)15-21(3)45-34)22(4)31(23(5)33(42)37-26)47-29-18-36(9,44-13)24(6)25(7)46-29/h14,20-27,29-32,34,41,43H,1,15-19H2,2-13H3,(H,37,42)/t20-,21-,22+,23-,24+,25+,26?,27+,29+,30-,31+,32-,34+,35-,36-/m1/s1. The monoisotopic (exact) mass is 683 g/mol. The number of nitrogens with one attached hydrogen (secondary N) is 1. The van der Waals surface area contributed by atoms with Gasteiger partial charge in [-0.2, -0.15) is 0 Å². The molecule has 0 radical (unpaired) electrons. The number of hydrogen-bond donors (Lipinski definition) is 3. The quantitative estimate of drug-likeness (QED) is 0.344. The normalized spacial score (nSPS) is 45.8. The van der Waals surface area contributed by atoms with Crippen LogP contribution in [0, 0.1) is 23.7 Å². The molecule has 0 aliphatic carbocycles. The van der Waals surface area contributed by atoms with Gasteiger partial charge in [0.05, 0.1) is 54.0 Å². The second kappa shape index (κ2) is 16.6. The summed E-state index contributed by atoms with van der Waals surface area (Å²) < 4.78 is 32.0. The number of methoxy groups -OCH3 is 1. The van der Waals surface area contributed by atoms with Crippen molar-refractivity contribution in [1.29, 1.82) is 0 Å². The molecule has 48 heavy (non-hydrogen) atoms. The summed E-state index contributed by atoms with van der Waals surface area (Å²) in [4.78, 5) is 30.7. The lowest BCUT2D eigenvalue weighted by atomic mass is 9.77. The van der Waals surface area contributed by atoms with Gasteiger partial charge in [0.25, 0.3) is 0 Å². The average Bonchev–Trinajstić information content (AvgIpc) is 3.00. The lowest BCUT2D eigenvalue weighted by molar-refractivity contribution is -0.313. The Balaban J connectivity index is 2.11. The van der Waals surface area contributed by atoms with Crippen molar-refractivity contribution in [3.05, 3.63) is 12.7 Å². The molecule has 3 aliphatic heterocycles. The number of carbonyl (C=O) groups excluding carboxylic acids is 2. The van der Waals surface area contributed by atoms with Crippen molar-refractivity contribution in [3.63, 3.8) is 0 Å². The predicted molar refractivity (Wildman–Crippen MR) is 183 cm³/mol. The van der Waals surface area contributed by atoms with E-state index in [4.69, 9.17) is 23.7 Å². The molecule has 3 heterocycles. The van der Waals surface area contributed by atoms with E-state index in [9.17, 15) is 19.8 Å². The molecule has 3 aliphatic rings. The van der Waals surface area contributed by atoms with Crippen LogP contribution < -0.4 is 5.32 Å². The number of ether oxygens (including phenoxy) is 5. The smallest absolute Gasteiger partial charge is 0.225 e. The lowest BCUT2D eigenvalue weighted by Gasteiger charge is -2.49. The van der Waals surface area contributed by atoms with Crippen LogP contribution in [-0.4, -0.2) is 133 Å². The highest BCUT2D eigenvalue weighted by atomic mass is 16.7. The van der Waals surface area contributed by atoms with Gasteiger partial charge in [-0.05, 0) is 60.5 Å². The molecule has 278 valence electrons. The highest BCUT2D eigenvalue weighted by Crippen LogP contribution is 2.41. The van der Waals surface area contributed by atoms with Gasteiger partial charge in [-0.3, -0.25) is 9.59 Å². The van der Waals surface area contributed by atoms with E-state index in [1.165, 1.54) is 0 Å². The zero-order valence-electron chi connectivity index (χ0n) is 31.5. The van der Waals surface area contributed by atoms with E-state index in [-0.39, 0.29) is 54.7 Å². The summed E-state index contributed by atoms with van der Waals surface area (Å²) in [5.41, 5.74) is -2.02. The molecule has 2 amide bonds. The molecule has 3 rings (SSSR count). The van der Waals surface area contributed by atoms with Crippen molar-refractivity contribution in [2.24, 2.45) is 23.7 Å². The van der Waals surface area contributed by atoms with Gasteiger partial charge in [0.15, 0.2) is 12.6 Å². The summed E-state index contributed by atoms with van der Waals surface area (Å²) in [5, 5.41) is 26.8. The van der Waals surface area contributed by atoms with Gasteiger partial charge >= 0.3 is 0 Å². The summed E-state index contributed by atoms with van der Waals surface area (Å²) in [5.74, 6) is -1.89. The molecule has 3 saturated heterocycles. The number of likely N-dealkylation sites (N-methyl/N-ethyl adjacent to an activating group) is 1. The Hall–Kier alpha value is -1.64. The van der Waals surface area contributed by atoms with Crippen LogP contribution in [0.3, 0.4) is 0 Å². The summed E-state index contributed by atoms with van der Waals surface area (Å²) >= 11 is 0. The van der Waals surface area contributed by atoms with Crippen molar-refractivity contribution >= 4 is 11.8 Å². The molecule has 1 unspecified atom stereocenters. The minimum absolute atomic E-state index is 0.0594. The first-order chi connectivity index (χ1) is 22.2. The Kier molecular flexibility index (Phi) is 14.1. The Bertz CT molecular complexity index is 1090. The summed E-state index contributed by atoms with van der Waals surface area (Å²) in [6, 6.07) is -0.812. The van der Waals surface area contributed by atoms with E-state index in [0.29, 0.717) is 19.4 Å². The Morgan fingerprint density at radius 2 is 1.71 bits per heavy atom. The number of carbonyl (C=O) groups is 2. The van der Waals surface area contributed by atoms with Crippen LogP contribution >= 0.6 is 0 Å². The largest absolute Gasteiger partial charge is 0.387 e. The molecule has 3 fully saturated rings. The van der Waals surface area contributed by atoms with E-state index in [1.807, 2.05) is 53.6 Å². The fourth-order valence-corrected chi connectivity index (χ4v) is 7.91. The first-order valence-corrected chi connectivity index (χ1v) is 17.6. The van der Waals surface area contributed by atoms with E-state index in [0.717, 1.165) is 0 Å². The predicted octanol–water partition coefficient (Wildman–Crippen LogP) is 2.94. The fraction of sp³-hybridized carbons (Fsp3) is 0.889. The van der Waals surface area contributed by atoms with Crippen LogP contribution in [-0.2, 0) is 33.3 Å². The Morgan fingerprint density at radius 1 is 1.06 bits per heavy atom. The molecule has 0 spiro atoms. The lowest BCUT2D eigenvalue weighted by Crippen LogP contribution is -2.60. The van der Waals surface area contributed by atoms with Gasteiger partial charge in [-0.15, -0.1) is 6.58 Å². The minimum Gasteiger partial charge on any atom is -0.387 e. The van der Waals surface area contributed by atoms with E-state index >= 15 is 0 Å². The number of aliphatic hydroxyl groups is 2. The van der Waals surface area contributed by atoms with Gasteiger partial charge in [-0.1, -0.05) is 33.8 Å². The topological polar surface area (TPSA) is 139 Å². The summed E-state index contributed by atoms with van der Waals surface area (Å²) in [7, 11) is 7.21. The van der Waals surface area contributed by atoms with Crippen molar-refractivity contribution in [1.82, 2.24) is 15.1 Å². The van der Waals surface area contributed by atoms with Gasteiger partial charge < -0.3 is 49.0 Å². The molecule has 0 bridgehead atoms. The summed E-state index contributed by atoms with van der Waals surface area (Å²) in [6.45, 7) is 19.6. The highest BCUT2D eigenvalue weighted by molar-refractivity contribution is 5.81. The van der Waals surface area contributed by atoms with E-state index in [2.05, 4.69) is 18.8 Å². The first kappa shape index (κ1) is 40.8. The minimum atomic E-state index is -1.48. The number of nitrogens with zero attached hydrogens (tertiary/aromatic N) is 2. The van der Waals surface area contributed by atoms with Crippen LogP contribution in [0.25, 0.3) is 0 Å². The van der Waals surface area contributed by atoms with Crippen LogP contribution in [0.2, 0.25) is 0 Å². The van der Waals surface area contributed by atoms with Gasteiger partial charge in [0, 0.05) is 45.0 Å². The molecular formula is C36H65N3O9. The molecule has 12 nitrogen and oxygen atoms in total. The number of amides is 2. The number of aliphatic hydroxyl groups excluding tert-OH is 1. The zero-order valence-corrected chi connectivity index (χ0v) is 31.5. The third-order valence-corrected chi connectivity index (χ3v) is 11.2. The third-order valence-electron chi connectivity index (χ3n) is 11.2. The molecule has 0 aromatic rings. The maximum absolute atomic E-state index is 14.0. The maximum atomic E-state index is 14.0. The molecule has 12 heteroatoms. The van der Waals surface area contributed by atoms with Gasteiger partial charge in [0.1, 0.15) is 6.10 Å². The van der Waals surface area contributed by atoms with Gasteiger partial charge in [-0.25, -0.2) is 0 Å². The van der Waals surface area contributed by atoms with Crippen LogP contribution in [0.5, 0.6) is 0 Å². The fourth-order valence-electron chi connectivity index (χ4n) is 7.91. The molecule has 0 saturated carbocycles. The maximum Gasteiger partial charge on any atom is 0.225 e. The second-order valence-electron chi connectivity index (χ2n) is 15.7. The first-order valence-electron chi connectivity index (χ1n) is 17.6. The molecule has 0 aromatic heterocycles. The van der Waals surface area contributed by atoms with Crippen molar-refractivity contribution in [3.8, 4) is 0 Å². The molecule has 0 aromatic carbocycles. The van der Waals surface area contributed by atoms with Gasteiger partial charge in [0.2, 0.25) is 11.8 Å². The highest BCUT2D eigenvalue weighted by Gasteiger charge is 2.50. The van der Waals surface area contributed by atoms with Crippen molar-refractivity contribution in [2.45, 2.75) is 147 Å². The van der Waals surface area contributed by atoms with E-state index in [1.54, 1.807) is 39.0 Å². The third kappa shape index (κ3) is 9.57. The van der Waals surface area contributed by atoms with Crippen molar-refractivity contribution in [2.75, 3.05) is 34.8 Å². The Morgan fingerprint density at radius 3 is 2.29 bits per heavy atom. The average molecular weight is 684 g/mol. The van der Waals surface area contributed by atoms with Crippen molar-refractivity contribution < 1.29 is 43.5 Å². The van der Waals surface area contributed by atoms with Crippen LogP contribution in [0.15, 0.2) is 12.7 Å².